The van der Waals surface area contributed by atoms with Crippen molar-refractivity contribution in [1.82, 2.24) is 10.3 Å². The lowest BCUT2D eigenvalue weighted by atomic mass is 9.58. The van der Waals surface area contributed by atoms with Crippen LogP contribution in [0.15, 0.2) is 69.3 Å². The maximum absolute atomic E-state index is 13.8. The van der Waals surface area contributed by atoms with E-state index >= 15 is 0 Å². The molecule has 3 aliphatic rings. The van der Waals surface area contributed by atoms with Crippen LogP contribution >= 0.6 is 0 Å². The molecular weight excluding hydrogens is 408 g/mol. The normalized spacial score (nSPS) is 25.8. The third kappa shape index (κ3) is 3.28. The summed E-state index contributed by atoms with van der Waals surface area (Å²) in [7, 11) is 0. The van der Waals surface area contributed by atoms with Crippen molar-refractivity contribution < 1.29 is 4.79 Å². The molecule has 0 spiro atoms. The minimum atomic E-state index is -0.529. The summed E-state index contributed by atoms with van der Waals surface area (Å²) in [5, 5.41) is 12.6. The van der Waals surface area contributed by atoms with Crippen molar-refractivity contribution >= 4 is 5.78 Å². The molecule has 2 aromatic rings. The van der Waals surface area contributed by atoms with Crippen molar-refractivity contribution in [2.75, 3.05) is 0 Å². The van der Waals surface area contributed by atoms with Gasteiger partial charge in [-0.15, -0.1) is 0 Å². The van der Waals surface area contributed by atoms with Crippen LogP contribution in [0, 0.1) is 19.3 Å². The molecule has 1 unspecified atom stereocenters. The Bertz CT molecular complexity index is 1270. The molecule has 0 amide bonds. The lowest BCUT2D eigenvalue weighted by Crippen LogP contribution is -2.51. The molecule has 5 heteroatoms. The smallest absolute Gasteiger partial charge is 0.165 e. The first-order valence-electron chi connectivity index (χ1n) is 11.9. The maximum atomic E-state index is 13.8. The first kappa shape index (κ1) is 21.7. The maximum Gasteiger partial charge on any atom is 0.165 e. The van der Waals surface area contributed by atoms with Gasteiger partial charge in [0.25, 0.3) is 0 Å². The summed E-state index contributed by atoms with van der Waals surface area (Å²) in [5.74, 6) is 0.239. The van der Waals surface area contributed by atoms with Gasteiger partial charge in [0.1, 0.15) is 0 Å². The van der Waals surface area contributed by atoms with E-state index in [0.717, 1.165) is 57.8 Å². The molecule has 1 aromatic carbocycles. The van der Waals surface area contributed by atoms with Crippen molar-refractivity contribution in [3.05, 3.63) is 75.9 Å². The molecule has 2 aliphatic heterocycles. The Morgan fingerprint density at radius 3 is 2.67 bits per heavy atom. The number of ketones is 1. The summed E-state index contributed by atoms with van der Waals surface area (Å²) < 4.78 is 0. The molecule has 2 atom stereocenters. The highest BCUT2D eigenvalue weighted by molar-refractivity contribution is 6.01. The summed E-state index contributed by atoms with van der Waals surface area (Å²) in [4.78, 5) is 18.2. The minimum Gasteiger partial charge on any atom is -0.362 e. The molecule has 0 fully saturated rings. The highest BCUT2D eigenvalue weighted by Gasteiger charge is 2.53. The Hall–Kier alpha value is -3.08. The van der Waals surface area contributed by atoms with Crippen molar-refractivity contribution in [3.63, 3.8) is 0 Å². The number of carbonyl (C=O) groups is 1. The average molecular weight is 441 g/mol. The Morgan fingerprint density at radius 2 is 1.91 bits per heavy atom. The quantitative estimate of drug-likeness (QED) is 0.607. The zero-order valence-corrected chi connectivity index (χ0v) is 20.4. The molecule has 33 heavy (non-hydrogen) atoms. The lowest BCUT2D eigenvalue weighted by molar-refractivity contribution is -0.119. The third-order valence-corrected chi connectivity index (χ3v) is 7.50. The lowest BCUT2D eigenvalue weighted by Gasteiger charge is -2.48. The van der Waals surface area contributed by atoms with Gasteiger partial charge in [0.15, 0.2) is 11.9 Å². The molecule has 170 valence electrons. The molecular formula is C28H32N4O. The van der Waals surface area contributed by atoms with Crippen LogP contribution in [-0.2, 0) is 10.2 Å². The highest BCUT2D eigenvalue weighted by atomic mass is 16.1. The summed E-state index contributed by atoms with van der Waals surface area (Å²) >= 11 is 0. The number of Topliss-reactive ketones (excluding diaryl/α,β-unsaturated/α-hetero) is 1. The number of hydrogen-bond acceptors (Lipinski definition) is 5. The molecule has 0 bridgehead atoms. The second kappa shape index (κ2) is 7.47. The molecule has 0 radical (unpaired) electrons. The van der Waals surface area contributed by atoms with Gasteiger partial charge in [-0.2, -0.15) is 10.2 Å². The number of allylic oxidation sites excluding steroid dienone is 3. The Kier molecular flexibility index (Phi) is 4.93. The number of carbonyl (C=O) groups excluding carboxylic acids is 1. The summed E-state index contributed by atoms with van der Waals surface area (Å²) in [6, 6.07) is 10.9. The van der Waals surface area contributed by atoms with E-state index in [1.165, 1.54) is 5.56 Å². The SMILES string of the molecule is CC[C@]1(c2cccc(-c3cc(C)ncc3C)c2)C2=C(CC(C)(C)CC2=O)NC2N=NC(C)=C21. The van der Waals surface area contributed by atoms with Crippen LogP contribution in [0.1, 0.15) is 63.8 Å². The van der Waals surface area contributed by atoms with Gasteiger partial charge in [-0.3, -0.25) is 9.78 Å². The van der Waals surface area contributed by atoms with Crippen LogP contribution in [-0.4, -0.2) is 16.9 Å². The fraction of sp³-hybridized carbons (Fsp3) is 0.429. The number of aromatic nitrogens is 1. The van der Waals surface area contributed by atoms with Crippen LogP contribution in [0.4, 0.5) is 0 Å². The predicted molar refractivity (Wildman–Crippen MR) is 131 cm³/mol. The molecule has 1 N–H and O–H groups in total. The fourth-order valence-electron chi connectivity index (χ4n) is 6.10. The fourth-order valence-corrected chi connectivity index (χ4v) is 6.10. The zero-order chi connectivity index (χ0) is 23.5. The van der Waals surface area contributed by atoms with Crippen LogP contribution in [0.2, 0.25) is 0 Å². The second-order valence-electron chi connectivity index (χ2n) is 10.5. The average Bonchev–Trinajstić information content (AvgIpc) is 3.14. The number of nitrogens with one attached hydrogen (secondary N) is 1. The van der Waals surface area contributed by atoms with Crippen LogP contribution < -0.4 is 5.32 Å². The van der Waals surface area contributed by atoms with Gasteiger partial charge >= 0.3 is 0 Å². The van der Waals surface area contributed by atoms with Gasteiger partial charge in [0.2, 0.25) is 0 Å². The zero-order valence-electron chi connectivity index (χ0n) is 20.4. The van der Waals surface area contributed by atoms with Gasteiger partial charge < -0.3 is 5.32 Å². The Balaban J connectivity index is 1.78. The first-order valence-corrected chi connectivity index (χ1v) is 11.9. The van der Waals surface area contributed by atoms with Crippen LogP contribution in [0.3, 0.4) is 0 Å². The van der Waals surface area contributed by atoms with Gasteiger partial charge in [-0.05, 0) is 73.4 Å². The number of aryl methyl sites for hydroxylation is 2. The van der Waals surface area contributed by atoms with Gasteiger partial charge in [-0.1, -0.05) is 39.0 Å². The van der Waals surface area contributed by atoms with E-state index in [0.29, 0.717) is 6.42 Å². The van der Waals surface area contributed by atoms with Gasteiger partial charge in [0.05, 0.1) is 11.1 Å². The molecule has 0 saturated carbocycles. The molecule has 1 aromatic heterocycles. The molecule has 3 heterocycles. The number of fused-ring (bicyclic) bond motifs is 1. The van der Waals surface area contributed by atoms with E-state index in [9.17, 15) is 4.79 Å². The van der Waals surface area contributed by atoms with Crippen LogP contribution in [0.25, 0.3) is 11.1 Å². The third-order valence-electron chi connectivity index (χ3n) is 7.50. The topological polar surface area (TPSA) is 66.7 Å². The summed E-state index contributed by atoms with van der Waals surface area (Å²) in [6.45, 7) is 12.7. The van der Waals surface area contributed by atoms with Gasteiger partial charge in [0, 0.05) is 35.2 Å². The van der Waals surface area contributed by atoms with Crippen molar-refractivity contribution in [1.29, 1.82) is 0 Å². The van der Waals surface area contributed by atoms with Crippen LogP contribution in [0.5, 0.6) is 0 Å². The van der Waals surface area contributed by atoms with Crippen molar-refractivity contribution in [2.24, 2.45) is 15.6 Å². The largest absolute Gasteiger partial charge is 0.362 e. The van der Waals surface area contributed by atoms with E-state index in [-0.39, 0.29) is 17.4 Å². The van der Waals surface area contributed by atoms with E-state index < -0.39 is 5.41 Å². The Labute approximate surface area is 196 Å². The van der Waals surface area contributed by atoms with E-state index in [2.05, 4.69) is 78.6 Å². The molecule has 1 aliphatic carbocycles. The van der Waals surface area contributed by atoms with E-state index in [1.54, 1.807) is 0 Å². The number of pyridine rings is 1. The van der Waals surface area contributed by atoms with Crippen molar-refractivity contribution in [3.8, 4) is 11.1 Å². The number of hydrogen-bond donors (Lipinski definition) is 1. The second-order valence-corrected chi connectivity index (χ2v) is 10.5. The highest BCUT2D eigenvalue weighted by Crippen LogP contribution is 2.55. The monoisotopic (exact) mass is 440 g/mol. The molecule has 0 saturated heterocycles. The number of nitrogens with zero attached hydrogens (tertiary/aromatic N) is 3. The van der Waals surface area contributed by atoms with Gasteiger partial charge in [-0.25, -0.2) is 0 Å². The standard InChI is InChI=1S/C28H32N4O/c1-7-28(20-10-8-9-19(12-20)21-11-17(3)29-15-16(21)2)24-18(4)31-32-26(24)30-22-13-27(5,6)14-23(33)25(22)28/h8-12,15,26,30H,7,13-14H2,1-6H3/t26?,28-/m1/s1. The Morgan fingerprint density at radius 1 is 1.12 bits per heavy atom. The predicted octanol–water partition coefficient (Wildman–Crippen LogP) is 6.33. The van der Waals surface area contributed by atoms with Crippen molar-refractivity contribution in [2.45, 2.75) is 72.4 Å². The van der Waals surface area contributed by atoms with E-state index in [1.807, 2.05) is 20.0 Å². The number of azo groups is 1. The number of rotatable bonds is 3. The molecule has 5 nitrogen and oxygen atoms in total. The molecule has 5 rings (SSSR count). The van der Waals surface area contributed by atoms with E-state index in [4.69, 9.17) is 0 Å². The minimum absolute atomic E-state index is 0.0675. The number of benzene rings is 1. The summed E-state index contributed by atoms with van der Waals surface area (Å²) in [6.07, 6.45) is 3.91. The first-order chi connectivity index (χ1) is 15.7. The summed E-state index contributed by atoms with van der Waals surface area (Å²) in [5.41, 5.74) is 9.01.